The number of ether oxygens (including phenoxy) is 1. The molecule has 1 saturated heterocycles. The highest BCUT2D eigenvalue weighted by Crippen LogP contribution is 2.09. The van der Waals surface area contributed by atoms with E-state index in [1.807, 2.05) is 18.2 Å². The molecule has 2 N–H and O–H groups in total. The number of hydrogen-bond donors (Lipinski definition) is 2. The van der Waals surface area contributed by atoms with Gasteiger partial charge in [0.05, 0.1) is 7.11 Å². The second-order valence-electron chi connectivity index (χ2n) is 4.26. The van der Waals surface area contributed by atoms with Crippen LogP contribution >= 0.6 is 12.4 Å². The van der Waals surface area contributed by atoms with Crippen molar-refractivity contribution in [3.63, 3.8) is 0 Å². The van der Waals surface area contributed by atoms with E-state index in [-0.39, 0.29) is 36.4 Å². The minimum Gasteiger partial charge on any atom is -0.468 e. The van der Waals surface area contributed by atoms with E-state index >= 15 is 0 Å². The highest BCUT2D eigenvalue weighted by atomic mass is 35.5. The molecule has 1 aromatic carbocycles. The van der Waals surface area contributed by atoms with Gasteiger partial charge in [0.2, 0.25) is 0 Å². The molecule has 0 bridgehead atoms. The second-order valence-corrected chi connectivity index (χ2v) is 4.26. The number of methoxy groups -OCH3 is 1. The van der Waals surface area contributed by atoms with Crippen LogP contribution in [0.5, 0.6) is 0 Å². The first kappa shape index (κ1) is 15.5. The predicted octanol–water partition coefficient (Wildman–Crippen LogP) is 0.742. The first-order chi connectivity index (χ1) is 8.70. The molecule has 0 radical (unpaired) electrons. The monoisotopic (exact) mass is 284 g/mol. The van der Waals surface area contributed by atoms with Gasteiger partial charge in [0, 0.05) is 18.2 Å². The van der Waals surface area contributed by atoms with Crippen LogP contribution in [-0.2, 0) is 9.53 Å². The second kappa shape index (κ2) is 7.11. The van der Waals surface area contributed by atoms with Crippen LogP contribution in [0, 0.1) is 0 Å². The van der Waals surface area contributed by atoms with Gasteiger partial charge >= 0.3 is 5.97 Å². The molecule has 0 saturated carbocycles. The summed E-state index contributed by atoms with van der Waals surface area (Å²) in [4.78, 5) is 23.2. The summed E-state index contributed by atoms with van der Waals surface area (Å²) in [6.45, 7) is 0.582. The molecule has 2 atom stereocenters. The molecule has 104 valence electrons. The van der Waals surface area contributed by atoms with Gasteiger partial charge in [-0.3, -0.25) is 9.59 Å². The van der Waals surface area contributed by atoms with Gasteiger partial charge in [-0.25, -0.2) is 0 Å². The van der Waals surface area contributed by atoms with Gasteiger partial charge in [0.15, 0.2) is 0 Å². The van der Waals surface area contributed by atoms with Crippen molar-refractivity contribution in [3.05, 3.63) is 35.9 Å². The Morgan fingerprint density at radius 3 is 2.63 bits per heavy atom. The van der Waals surface area contributed by atoms with Gasteiger partial charge < -0.3 is 15.4 Å². The lowest BCUT2D eigenvalue weighted by atomic mass is 10.1. The number of rotatable bonds is 3. The molecule has 0 aromatic heterocycles. The third-order valence-electron chi connectivity index (χ3n) is 2.99. The van der Waals surface area contributed by atoms with Gasteiger partial charge in [0.1, 0.15) is 6.04 Å². The lowest BCUT2D eigenvalue weighted by Gasteiger charge is -2.11. The number of hydrogen-bond acceptors (Lipinski definition) is 4. The van der Waals surface area contributed by atoms with Crippen molar-refractivity contribution in [1.82, 2.24) is 10.6 Å². The van der Waals surface area contributed by atoms with Crippen LogP contribution in [-0.4, -0.2) is 37.6 Å². The summed E-state index contributed by atoms with van der Waals surface area (Å²) in [5.41, 5.74) is 0.624. The van der Waals surface area contributed by atoms with E-state index in [0.29, 0.717) is 18.5 Å². The Balaban J connectivity index is 0.00000180. The molecular formula is C13H17ClN2O3. The molecule has 2 rings (SSSR count). The molecule has 1 fully saturated rings. The third kappa shape index (κ3) is 3.94. The molecule has 1 heterocycles. The molecular weight excluding hydrogens is 268 g/mol. The van der Waals surface area contributed by atoms with Gasteiger partial charge in [-0.1, -0.05) is 18.2 Å². The maximum absolute atomic E-state index is 11.9. The number of carbonyl (C=O) groups excluding carboxylic acids is 2. The van der Waals surface area contributed by atoms with Crippen LogP contribution in [0.25, 0.3) is 0 Å². The Labute approximate surface area is 118 Å². The third-order valence-corrected chi connectivity index (χ3v) is 2.99. The van der Waals surface area contributed by atoms with Crippen LogP contribution in [0.3, 0.4) is 0 Å². The maximum Gasteiger partial charge on any atom is 0.322 e. The first-order valence-electron chi connectivity index (χ1n) is 5.88. The van der Waals surface area contributed by atoms with E-state index in [1.54, 1.807) is 12.1 Å². The molecule has 1 amide bonds. The fraction of sp³-hybridized carbons (Fsp3) is 0.385. The molecule has 1 aromatic rings. The smallest absolute Gasteiger partial charge is 0.322 e. The van der Waals surface area contributed by atoms with Gasteiger partial charge in [-0.15, -0.1) is 12.4 Å². The van der Waals surface area contributed by atoms with E-state index in [0.717, 1.165) is 0 Å². The molecule has 19 heavy (non-hydrogen) atoms. The Bertz CT molecular complexity index is 439. The fourth-order valence-corrected chi connectivity index (χ4v) is 2.03. The van der Waals surface area contributed by atoms with Crippen molar-refractivity contribution in [1.29, 1.82) is 0 Å². The Morgan fingerprint density at radius 1 is 1.32 bits per heavy atom. The lowest BCUT2D eigenvalue weighted by molar-refractivity contribution is -0.142. The zero-order valence-electron chi connectivity index (χ0n) is 10.6. The van der Waals surface area contributed by atoms with E-state index in [1.165, 1.54) is 7.11 Å². The van der Waals surface area contributed by atoms with E-state index in [4.69, 9.17) is 0 Å². The van der Waals surface area contributed by atoms with Crippen molar-refractivity contribution >= 4 is 24.3 Å². The van der Waals surface area contributed by atoms with Crippen LogP contribution in [0.2, 0.25) is 0 Å². The minimum atomic E-state index is -0.323. The van der Waals surface area contributed by atoms with E-state index in [9.17, 15) is 9.59 Å². The Morgan fingerprint density at radius 2 is 2.00 bits per heavy atom. The molecule has 6 heteroatoms. The van der Waals surface area contributed by atoms with Gasteiger partial charge in [-0.2, -0.15) is 0 Å². The first-order valence-corrected chi connectivity index (χ1v) is 5.88. The van der Waals surface area contributed by atoms with Gasteiger partial charge in [-0.05, 0) is 18.6 Å². The molecule has 5 nitrogen and oxygen atoms in total. The summed E-state index contributed by atoms with van der Waals surface area (Å²) in [7, 11) is 1.36. The summed E-state index contributed by atoms with van der Waals surface area (Å²) >= 11 is 0. The van der Waals surface area contributed by atoms with Crippen LogP contribution in [0.15, 0.2) is 30.3 Å². The summed E-state index contributed by atoms with van der Waals surface area (Å²) < 4.78 is 4.66. The summed E-state index contributed by atoms with van der Waals surface area (Å²) in [5, 5.41) is 5.92. The molecule has 1 aliphatic heterocycles. The summed E-state index contributed by atoms with van der Waals surface area (Å²) in [5.74, 6) is -0.403. The number of benzene rings is 1. The van der Waals surface area contributed by atoms with Crippen molar-refractivity contribution in [2.24, 2.45) is 0 Å². The highest BCUT2D eigenvalue weighted by molar-refractivity contribution is 5.94. The lowest BCUT2D eigenvalue weighted by Crippen LogP contribution is -2.36. The predicted molar refractivity (Wildman–Crippen MR) is 73.4 cm³/mol. The van der Waals surface area contributed by atoms with Crippen LogP contribution < -0.4 is 10.6 Å². The zero-order valence-corrected chi connectivity index (χ0v) is 11.4. The largest absolute Gasteiger partial charge is 0.468 e. The molecule has 0 spiro atoms. The van der Waals surface area contributed by atoms with Crippen molar-refractivity contribution in [2.45, 2.75) is 18.5 Å². The van der Waals surface area contributed by atoms with Gasteiger partial charge in [0.25, 0.3) is 5.91 Å². The number of carbonyl (C=O) groups is 2. The van der Waals surface area contributed by atoms with Crippen molar-refractivity contribution in [3.8, 4) is 0 Å². The SMILES string of the molecule is COC(=O)[C@@H]1C[C@@H](NC(=O)c2ccccc2)CN1.Cl. The zero-order chi connectivity index (χ0) is 13.0. The average molecular weight is 285 g/mol. The highest BCUT2D eigenvalue weighted by Gasteiger charge is 2.30. The maximum atomic E-state index is 11.9. The van der Waals surface area contributed by atoms with Crippen LogP contribution in [0.1, 0.15) is 16.8 Å². The van der Waals surface area contributed by atoms with Crippen molar-refractivity contribution in [2.75, 3.05) is 13.7 Å². The summed E-state index contributed by atoms with van der Waals surface area (Å²) in [6, 6.07) is 8.66. The normalized spacial score (nSPS) is 21.3. The fourth-order valence-electron chi connectivity index (χ4n) is 2.03. The molecule has 0 unspecified atom stereocenters. The molecule has 0 aliphatic carbocycles. The number of halogens is 1. The quantitative estimate of drug-likeness (QED) is 0.804. The number of nitrogens with one attached hydrogen (secondary N) is 2. The van der Waals surface area contributed by atoms with Crippen molar-refractivity contribution < 1.29 is 14.3 Å². The molecule has 1 aliphatic rings. The topological polar surface area (TPSA) is 67.4 Å². The summed E-state index contributed by atoms with van der Waals surface area (Å²) in [6.07, 6.45) is 0.561. The average Bonchev–Trinajstić information content (AvgIpc) is 2.87. The number of esters is 1. The van der Waals surface area contributed by atoms with E-state index < -0.39 is 0 Å². The Kier molecular flexibility index (Phi) is 5.79. The minimum absolute atomic E-state index is 0. The standard InChI is InChI=1S/C13H16N2O3.ClH/c1-18-13(17)11-7-10(8-14-11)15-12(16)9-5-3-2-4-6-9;/h2-6,10-11,14H,7-8H2,1H3,(H,15,16);1H/t10-,11+;/m1./s1. The van der Waals surface area contributed by atoms with Crippen LogP contribution in [0.4, 0.5) is 0 Å². The van der Waals surface area contributed by atoms with E-state index in [2.05, 4.69) is 15.4 Å². The Hall–Kier alpha value is -1.59. The number of amides is 1.